The topological polar surface area (TPSA) is 48.4 Å². The van der Waals surface area contributed by atoms with Crippen molar-refractivity contribution < 1.29 is 27.4 Å². The molecule has 0 aliphatic carbocycles. The molecule has 9 heteroatoms. The molecule has 0 radical (unpaired) electrons. The number of rotatable bonds is 13. The van der Waals surface area contributed by atoms with E-state index in [9.17, 15) is 18.0 Å². The number of carbonyl (C=O) groups excluding carboxylic acids is 1. The van der Waals surface area contributed by atoms with Gasteiger partial charge < -0.3 is 9.47 Å². The van der Waals surface area contributed by atoms with Crippen molar-refractivity contribution >= 4 is 29.1 Å². The van der Waals surface area contributed by atoms with E-state index >= 15 is 0 Å². The number of aromatic nitrogens is 1. The molecule has 0 spiro atoms. The molecule has 0 aliphatic heterocycles. The molecule has 0 aliphatic rings. The molecule has 0 fully saturated rings. The van der Waals surface area contributed by atoms with E-state index in [1.54, 1.807) is 30.0 Å². The molecule has 0 amide bonds. The predicted octanol–water partition coefficient (Wildman–Crippen LogP) is 9.63. The Kier molecular flexibility index (Phi) is 11.1. The molecule has 1 atom stereocenters. The lowest BCUT2D eigenvalue weighted by Crippen LogP contribution is -2.14. The second kappa shape index (κ2) is 14.7. The molecule has 0 saturated heterocycles. The first-order valence-corrected chi connectivity index (χ1v) is 15.6. The summed E-state index contributed by atoms with van der Waals surface area (Å²) in [5.74, 6) is 0.223. The second-order valence-corrected chi connectivity index (χ2v) is 12.2. The van der Waals surface area contributed by atoms with Crippen LogP contribution in [0.4, 0.5) is 13.2 Å². The van der Waals surface area contributed by atoms with Gasteiger partial charge in [-0.3, -0.25) is 0 Å². The van der Waals surface area contributed by atoms with Crippen LogP contribution in [0.1, 0.15) is 58.7 Å². The third kappa shape index (κ3) is 8.85. The van der Waals surface area contributed by atoms with Crippen LogP contribution in [0.3, 0.4) is 0 Å². The number of thiazole rings is 1. The number of thioether (sulfide) groups is 1. The fourth-order valence-electron chi connectivity index (χ4n) is 4.54. The Morgan fingerprint density at radius 3 is 2.40 bits per heavy atom. The first kappa shape index (κ1) is 31.6. The summed E-state index contributed by atoms with van der Waals surface area (Å²) in [6.07, 6.45) is -0.388. The average molecular weight is 614 g/mol. The fraction of sp³-hybridized carbons (Fsp3) is 0.333. The Hall–Kier alpha value is -3.30. The Bertz CT molecular complexity index is 1450. The lowest BCUT2D eigenvalue weighted by molar-refractivity contribution is -0.145. The highest BCUT2D eigenvalue weighted by atomic mass is 32.2. The van der Waals surface area contributed by atoms with Crippen LogP contribution >= 0.6 is 23.1 Å². The van der Waals surface area contributed by atoms with Crippen LogP contribution in [-0.2, 0) is 22.1 Å². The molecule has 4 aromatic rings. The van der Waals surface area contributed by atoms with Crippen LogP contribution < -0.4 is 4.74 Å². The Labute approximate surface area is 253 Å². The monoisotopic (exact) mass is 613 g/mol. The van der Waals surface area contributed by atoms with E-state index in [1.807, 2.05) is 32.0 Å². The maximum atomic E-state index is 13.1. The summed E-state index contributed by atoms with van der Waals surface area (Å²) in [7, 11) is 0. The van der Waals surface area contributed by atoms with Gasteiger partial charge in [-0.25, -0.2) is 9.78 Å². The van der Waals surface area contributed by atoms with E-state index in [0.717, 1.165) is 58.8 Å². The Morgan fingerprint density at radius 1 is 1.00 bits per heavy atom. The molecule has 222 valence electrons. The van der Waals surface area contributed by atoms with Gasteiger partial charge in [0.15, 0.2) is 6.61 Å². The third-order valence-corrected chi connectivity index (χ3v) is 9.44. The van der Waals surface area contributed by atoms with Gasteiger partial charge in [0.2, 0.25) is 0 Å². The summed E-state index contributed by atoms with van der Waals surface area (Å²) >= 11 is 3.29. The third-order valence-electron chi connectivity index (χ3n) is 6.68. The highest BCUT2D eigenvalue weighted by Gasteiger charge is 2.30. The smallest absolute Gasteiger partial charge is 0.416 e. The molecule has 0 bridgehead atoms. The minimum atomic E-state index is -4.37. The number of benzene rings is 3. The fourth-order valence-corrected chi connectivity index (χ4v) is 7.20. The van der Waals surface area contributed by atoms with Crippen molar-refractivity contribution in [2.24, 2.45) is 0 Å². The van der Waals surface area contributed by atoms with E-state index in [1.165, 1.54) is 17.7 Å². The molecule has 4 nitrogen and oxygen atoms in total. The van der Waals surface area contributed by atoms with Crippen LogP contribution in [0.25, 0.3) is 10.6 Å². The molecule has 0 saturated carbocycles. The van der Waals surface area contributed by atoms with Crippen molar-refractivity contribution in [1.82, 2.24) is 4.98 Å². The standard InChI is InChI=1S/C33H34F3NO3S2/c1-4-39-30(38)21-40-28-19-18-27(20-22(28)2)41-29(13-9-8-12-24-10-6-5-7-11-24)31-23(3)37-32(42-31)25-14-16-26(17-15-25)33(34,35)36/h5-7,10-11,14-20,29H,4,8-9,12-13,21H2,1-3H3. The van der Waals surface area contributed by atoms with E-state index in [2.05, 4.69) is 30.3 Å². The number of ether oxygens (including phenoxy) is 2. The number of aryl methyl sites for hydroxylation is 3. The molecule has 4 rings (SSSR count). The molecule has 42 heavy (non-hydrogen) atoms. The number of hydrogen-bond acceptors (Lipinski definition) is 6. The summed E-state index contributed by atoms with van der Waals surface area (Å²) in [5, 5.41) is 0.831. The van der Waals surface area contributed by atoms with Crippen molar-refractivity contribution in [2.75, 3.05) is 13.2 Å². The van der Waals surface area contributed by atoms with Gasteiger partial charge in [0.25, 0.3) is 0 Å². The van der Waals surface area contributed by atoms with Gasteiger partial charge in [-0.15, -0.1) is 23.1 Å². The number of esters is 1. The van der Waals surface area contributed by atoms with Crippen LogP contribution in [0.15, 0.2) is 77.7 Å². The van der Waals surface area contributed by atoms with E-state index in [4.69, 9.17) is 14.5 Å². The summed E-state index contributed by atoms with van der Waals surface area (Å²) < 4.78 is 49.8. The van der Waals surface area contributed by atoms with Gasteiger partial charge in [-0.05, 0) is 81.5 Å². The van der Waals surface area contributed by atoms with Gasteiger partial charge in [-0.2, -0.15) is 13.2 Å². The average Bonchev–Trinajstić information content (AvgIpc) is 3.36. The van der Waals surface area contributed by atoms with Gasteiger partial charge in [0, 0.05) is 20.6 Å². The SMILES string of the molecule is CCOC(=O)COc1ccc(SC(CCCCc2ccccc2)c2sc(-c3ccc(C(F)(F)F)cc3)nc2C)cc1C. The van der Waals surface area contributed by atoms with Crippen molar-refractivity contribution in [3.8, 4) is 16.3 Å². The van der Waals surface area contributed by atoms with Crippen molar-refractivity contribution in [2.45, 2.75) is 62.8 Å². The zero-order chi connectivity index (χ0) is 30.1. The first-order valence-electron chi connectivity index (χ1n) is 13.9. The maximum absolute atomic E-state index is 13.1. The number of nitrogens with zero attached hydrogens (tertiary/aromatic N) is 1. The molecule has 3 aromatic carbocycles. The normalized spacial score (nSPS) is 12.2. The van der Waals surface area contributed by atoms with Crippen molar-refractivity contribution in [3.05, 3.63) is 100 Å². The minimum Gasteiger partial charge on any atom is -0.482 e. The largest absolute Gasteiger partial charge is 0.482 e. The lowest BCUT2D eigenvalue weighted by atomic mass is 10.1. The number of alkyl halides is 3. The second-order valence-electron chi connectivity index (χ2n) is 9.90. The van der Waals surface area contributed by atoms with Gasteiger partial charge in [-0.1, -0.05) is 48.9 Å². The Balaban J connectivity index is 1.52. The quantitative estimate of drug-likeness (QED) is 0.0854. The van der Waals surface area contributed by atoms with Gasteiger partial charge >= 0.3 is 12.1 Å². The van der Waals surface area contributed by atoms with Gasteiger partial charge in [0.05, 0.1) is 17.9 Å². The van der Waals surface area contributed by atoms with E-state index in [0.29, 0.717) is 22.9 Å². The minimum absolute atomic E-state index is 0.118. The highest BCUT2D eigenvalue weighted by Crippen LogP contribution is 2.45. The summed E-state index contributed by atoms with van der Waals surface area (Å²) in [4.78, 5) is 18.6. The summed E-state index contributed by atoms with van der Waals surface area (Å²) in [6, 6.07) is 21.5. The number of halogens is 3. The van der Waals surface area contributed by atoms with E-state index < -0.39 is 17.7 Å². The van der Waals surface area contributed by atoms with Gasteiger partial charge in [0.1, 0.15) is 10.8 Å². The highest BCUT2D eigenvalue weighted by molar-refractivity contribution is 7.99. The van der Waals surface area contributed by atoms with Crippen molar-refractivity contribution in [3.63, 3.8) is 0 Å². The zero-order valence-corrected chi connectivity index (χ0v) is 25.5. The molecule has 1 heterocycles. The van der Waals surface area contributed by atoms with Crippen LogP contribution in [0, 0.1) is 13.8 Å². The summed E-state index contributed by atoms with van der Waals surface area (Å²) in [6.45, 7) is 5.83. The number of unbranched alkanes of at least 4 members (excludes halogenated alkanes) is 1. The zero-order valence-electron chi connectivity index (χ0n) is 23.9. The molecular formula is C33H34F3NO3S2. The summed E-state index contributed by atoms with van der Waals surface area (Å²) in [5.41, 5.74) is 3.13. The van der Waals surface area contributed by atoms with E-state index in [-0.39, 0.29) is 11.9 Å². The van der Waals surface area contributed by atoms with Crippen LogP contribution in [-0.4, -0.2) is 24.2 Å². The predicted molar refractivity (Wildman–Crippen MR) is 163 cm³/mol. The van der Waals surface area contributed by atoms with Crippen molar-refractivity contribution in [1.29, 1.82) is 0 Å². The first-order chi connectivity index (χ1) is 20.1. The number of carbonyl (C=O) groups is 1. The molecular weight excluding hydrogens is 579 g/mol. The molecule has 1 unspecified atom stereocenters. The molecule has 0 N–H and O–H groups in total. The number of hydrogen-bond donors (Lipinski definition) is 0. The van der Waals surface area contributed by atoms with Crippen LogP contribution in [0.2, 0.25) is 0 Å². The lowest BCUT2D eigenvalue weighted by Gasteiger charge is -2.17. The molecule has 1 aromatic heterocycles. The maximum Gasteiger partial charge on any atom is 0.416 e. The Morgan fingerprint density at radius 2 is 1.74 bits per heavy atom. The van der Waals surface area contributed by atoms with Crippen LogP contribution in [0.5, 0.6) is 5.75 Å².